The molecule has 3 rings (SSSR count). The van der Waals surface area contributed by atoms with Crippen LogP contribution < -0.4 is 5.56 Å². The third kappa shape index (κ3) is 3.91. The van der Waals surface area contributed by atoms with Gasteiger partial charge in [0, 0.05) is 23.7 Å². The van der Waals surface area contributed by atoms with Gasteiger partial charge in [0.25, 0.3) is 5.56 Å². The van der Waals surface area contributed by atoms with E-state index in [4.69, 9.17) is 4.74 Å². The molecule has 0 spiro atoms. The quantitative estimate of drug-likeness (QED) is 0.723. The van der Waals surface area contributed by atoms with Crippen molar-refractivity contribution >= 4 is 16.9 Å². The lowest BCUT2D eigenvalue weighted by molar-refractivity contribution is -0.148. The first-order valence-corrected chi connectivity index (χ1v) is 7.95. The van der Waals surface area contributed by atoms with E-state index in [0.717, 1.165) is 10.9 Å². The maximum atomic E-state index is 13.6. The van der Waals surface area contributed by atoms with Gasteiger partial charge in [-0.3, -0.25) is 14.6 Å². The molecule has 0 aliphatic heterocycles. The molecule has 0 radical (unpaired) electrons. The van der Waals surface area contributed by atoms with E-state index in [9.17, 15) is 14.0 Å². The van der Waals surface area contributed by atoms with Gasteiger partial charge in [-0.15, -0.1) is 0 Å². The molecule has 1 atom stereocenters. The van der Waals surface area contributed by atoms with E-state index in [0.29, 0.717) is 5.56 Å². The Morgan fingerprint density at radius 3 is 2.88 bits per heavy atom. The molecule has 128 valence electrons. The van der Waals surface area contributed by atoms with Gasteiger partial charge in [-0.25, -0.2) is 4.39 Å². The smallest absolute Gasteiger partial charge is 0.306 e. The highest BCUT2D eigenvalue weighted by atomic mass is 19.1. The Labute approximate surface area is 143 Å². The zero-order valence-corrected chi connectivity index (χ0v) is 13.7. The van der Waals surface area contributed by atoms with Crippen LogP contribution in [0.2, 0.25) is 0 Å². The summed E-state index contributed by atoms with van der Waals surface area (Å²) in [5, 5.41) is 0.898. The molecule has 1 N–H and O–H groups in total. The second-order valence-corrected chi connectivity index (χ2v) is 5.71. The molecule has 2 aromatic heterocycles. The number of aromatic nitrogens is 2. The summed E-state index contributed by atoms with van der Waals surface area (Å²) in [4.78, 5) is 30.7. The second-order valence-electron chi connectivity index (χ2n) is 5.71. The SMILES string of the molecule is C[C@H](OC(=O)CCc1cc2ccccc2[nH]c1=O)c1ncccc1F. The Morgan fingerprint density at radius 2 is 2.08 bits per heavy atom. The molecule has 0 amide bonds. The summed E-state index contributed by atoms with van der Waals surface area (Å²) in [5.41, 5.74) is 1.11. The number of hydrogen-bond acceptors (Lipinski definition) is 4. The molecule has 0 saturated heterocycles. The van der Waals surface area contributed by atoms with E-state index in [1.54, 1.807) is 13.0 Å². The van der Waals surface area contributed by atoms with E-state index >= 15 is 0 Å². The number of carbonyl (C=O) groups excluding carboxylic acids is 1. The van der Waals surface area contributed by atoms with Crippen molar-refractivity contribution in [2.75, 3.05) is 0 Å². The van der Waals surface area contributed by atoms with Gasteiger partial charge in [0.1, 0.15) is 17.6 Å². The van der Waals surface area contributed by atoms with E-state index < -0.39 is 17.9 Å². The Hall–Kier alpha value is -3.02. The summed E-state index contributed by atoms with van der Waals surface area (Å²) in [6, 6.07) is 11.9. The van der Waals surface area contributed by atoms with Crippen LogP contribution >= 0.6 is 0 Å². The van der Waals surface area contributed by atoms with E-state index in [-0.39, 0.29) is 24.1 Å². The van der Waals surface area contributed by atoms with Crippen molar-refractivity contribution in [1.29, 1.82) is 0 Å². The Kier molecular flexibility index (Phi) is 4.88. The Bertz CT molecular complexity index is 968. The molecule has 3 aromatic rings. The van der Waals surface area contributed by atoms with Crippen LogP contribution in [0.5, 0.6) is 0 Å². The van der Waals surface area contributed by atoms with Gasteiger partial charge in [0.05, 0.1) is 0 Å². The molecule has 0 aliphatic carbocycles. The monoisotopic (exact) mass is 340 g/mol. The molecule has 0 unspecified atom stereocenters. The van der Waals surface area contributed by atoms with Crippen molar-refractivity contribution in [3.63, 3.8) is 0 Å². The first kappa shape index (κ1) is 16.8. The maximum Gasteiger partial charge on any atom is 0.306 e. The molecular weight excluding hydrogens is 323 g/mol. The number of esters is 1. The van der Waals surface area contributed by atoms with E-state index in [2.05, 4.69) is 9.97 Å². The Morgan fingerprint density at radius 1 is 1.28 bits per heavy atom. The second kappa shape index (κ2) is 7.25. The molecule has 5 nitrogen and oxygen atoms in total. The number of ether oxygens (including phenoxy) is 1. The zero-order chi connectivity index (χ0) is 17.8. The van der Waals surface area contributed by atoms with E-state index in [1.807, 2.05) is 24.3 Å². The van der Waals surface area contributed by atoms with Crippen LogP contribution in [0, 0.1) is 5.82 Å². The van der Waals surface area contributed by atoms with E-state index in [1.165, 1.54) is 18.3 Å². The van der Waals surface area contributed by atoms with Crippen molar-refractivity contribution in [3.05, 3.63) is 76.1 Å². The molecule has 0 saturated carbocycles. The molecule has 2 heterocycles. The topological polar surface area (TPSA) is 72.1 Å². The lowest BCUT2D eigenvalue weighted by Crippen LogP contribution is -2.16. The largest absolute Gasteiger partial charge is 0.456 e. The lowest BCUT2D eigenvalue weighted by Gasteiger charge is -2.13. The minimum Gasteiger partial charge on any atom is -0.456 e. The number of H-pyrrole nitrogens is 1. The highest BCUT2D eigenvalue weighted by Crippen LogP contribution is 2.18. The van der Waals surface area contributed by atoms with Gasteiger partial charge in [-0.2, -0.15) is 0 Å². The number of aromatic amines is 1. The fraction of sp³-hybridized carbons (Fsp3) is 0.211. The minimum absolute atomic E-state index is 0.0280. The van der Waals surface area contributed by atoms with Crippen LogP contribution in [0.4, 0.5) is 4.39 Å². The summed E-state index contributed by atoms with van der Waals surface area (Å²) < 4.78 is 18.9. The van der Waals surface area contributed by atoms with Crippen LogP contribution in [0.1, 0.15) is 30.7 Å². The number of para-hydroxylation sites is 1. The lowest BCUT2D eigenvalue weighted by atomic mass is 10.1. The normalized spacial score (nSPS) is 12.1. The van der Waals surface area contributed by atoms with Gasteiger partial charge in [0.15, 0.2) is 0 Å². The average molecular weight is 340 g/mol. The number of nitrogens with zero attached hydrogens (tertiary/aromatic N) is 1. The summed E-state index contributed by atoms with van der Waals surface area (Å²) in [6.07, 6.45) is 0.928. The van der Waals surface area contributed by atoms with Crippen LogP contribution in [-0.2, 0) is 16.0 Å². The summed E-state index contributed by atoms with van der Waals surface area (Å²) in [7, 11) is 0. The number of halogens is 1. The zero-order valence-electron chi connectivity index (χ0n) is 13.7. The average Bonchev–Trinajstić information content (AvgIpc) is 2.60. The number of benzene rings is 1. The number of pyridine rings is 2. The van der Waals surface area contributed by atoms with Crippen molar-refractivity contribution in [3.8, 4) is 0 Å². The molecule has 1 aromatic carbocycles. The highest BCUT2D eigenvalue weighted by Gasteiger charge is 2.17. The van der Waals surface area contributed by atoms with Crippen molar-refractivity contribution in [1.82, 2.24) is 9.97 Å². The summed E-state index contributed by atoms with van der Waals surface area (Å²) >= 11 is 0. The van der Waals surface area contributed by atoms with Crippen molar-refractivity contribution < 1.29 is 13.9 Å². The molecule has 6 heteroatoms. The van der Waals surface area contributed by atoms with Crippen LogP contribution in [0.15, 0.2) is 53.5 Å². The molecule has 0 bridgehead atoms. The summed E-state index contributed by atoms with van der Waals surface area (Å²) in [6.45, 7) is 1.56. The molecule has 0 fully saturated rings. The first-order valence-electron chi connectivity index (χ1n) is 7.95. The predicted molar refractivity (Wildman–Crippen MR) is 91.6 cm³/mol. The predicted octanol–water partition coefficient (Wildman–Crippen LogP) is 3.30. The van der Waals surface area contributed by atoms with Crippen LogP contribution in [0.3, 0.4) is 0 Å². The van der Waals surface area contributed by atoms with Crippen molar-refractivity contribution in [2.24, 2.45) is 0 Å². The van der Waals surface area contributed by atoms with Crippen LogP contribution in [-0.4, -0.2) is 15.9 Å². The highest BCUT2D eigenvalue weighted by molar-refractivity contribution is 5.79. The third-order valence-corrected chi connectivity index (χ3v) is 3.91. The molecular formula is C19H17FN2O3. The number of rotatable bonds is 5. The fourth-order valence-corrected chi connectivity index (χ4v) is 2.62. The standard InChI is InChI=1S/C19H17FN2O3/c1-12(18-15(20)6-4-10-21-18)25-17(23)9-8-14-11-13-5-2-3-7-16(13)22-19(14)24/h2-7,10-12H,8-9H2,1H3,(H,22,24)/t12-/m0/s1. The van der Waals surface area contributed by atoms with Gasteiger partial charge < -0.3 is 9.72 Å². The fourth-order valence-electron chi connectivity index (χ4n) is 2.62. The van der Waals surface area contributed by atoms with Gasteiger partial charge in [0.2, 0.25) is 0 Å². The number of carbonyl (C=O) groups is 1. The minimum atomic E-state index is -0.788. The first-order chi connectivity index (χ1) is 12.0. The number of fused-ring (bicyclic) bond motifs is 1. The van der Waals surface area contributed by atoms with Gasteiger partial charge in [-0.1, -0.05) is 18.2 Å². The number of aryl methyl sites for hydroxylation is 1. The summed E-state index contributed by atoms with van der Waals surface area (Å²) in [5.74, 6) is -1.03. The van der Waals surface area contributed by atoms with Crippen molar-refractivity contribution in [2.45, 2.75) is 25.9 Å². The molecule has 0 aliphatic rings. The maximum absolute atomic E-state index is 13.6. The van der Waals surface area contributed by atoms with Gasteiger partial charge >= 0.3 is 5.97 Å². The number of hydrogen-bond donors (Lipinski definition) is 1. The third-order valence-electron chi connectivity index (χ3n) is 3.91. The molecule has 25 heavy (non-hydrogen) atoms. The van der Waals surface area contributed by atoms with Gasteiger partial charge in [-0.05, 0) is 43.0 Å². The van der Waals surface area contributed by atoms with Crippen LogP contribution in [0.25, 0.3) is 10.9 Å². The Balaban J connectivity index is 1.65. The number of nitrogens with one attached hydrogen (secondary N) is 1.